The van der Waals surface area contributed by atoms with E-state index in [1.54, 1.807) is 12.1 Å². The summed E-state index contributed by atoms with van der Waals surface area (Å²) in [6.07, 6.45) is 3.24. The molecule has 1 aromatic rings. The number of carbonyl (C=O) groups excluding carboxylic acids is 1. The second-order valence-electron chi connectivity index (χ2n) is 6.23. The quantitative estimate of drug-likeness (QED) is 0.898. The Morgan fingerprint density at radius 3 is 2.50 bits per heavy atom. The number of hydrogen-bond acceptors (Lipinski definition) is 3. The van der Waals surface area contributed by atoms with Gasteiger partial charge in [-0.2, -0.15) is 0 Å². The van der Waals surface area contributed by atoms with Gasteiger partial charge in [0, 0.05) is 19.0 Å². The zero-order valence-corrected chi connectivity index (χ0v) is 14.0. The number of benzene rings is 1. The molecular formula is C16H24N2O3S. The number of aryl methyl sites for hydroxylation is 1. The molecular weight excluding hydrogens is 300 g/mol. The minimum Gasteiger partial charge on any atom is -0.339 e. The third-order valence-electron chi connectivity index (χ3n) is 4.27. The Kier molecular flexibility index (Phi) is 5.24. The van der Waals surface area contributed by atoms with Crippen molar-refractivity contribution in [3.8, 4) is 0 Å². The summed E-state index contributed by atoms with van der Waals surface area (Å²) in [4.78, 5) is 14.5. The van der Waals surface area contributed by atoms with Gasteiger partial charge >= 0.3 is 0 Å². The summed E-state index contributed by atoms with van der Waals surface area (Å²) in [6.45, 7) is 5.16. The van der Waals surface area contributed by atoms with Crippen molar-refractivity contribution in [1.29, 1.82) is 0 Å². The lowest BCUT2D eigenvalue weighted by Crippen LogP contribution is -2.38. The molecule has 0 saturated carbocycles. The molecule has 2 N–H and O–H groups in total. The number of carbonyl (C=O) groups is 1. The second-order valence-corrected chi connectivity index (χ2v) is 7.79. The van der Waals surface area contributed by atoms with E-state index in [0.29, 0.717) is 24.8 Å². The average Bonchev–Trinajstić information content (AvgIpc) is 2.94. The first-order valence-corrected chi connectivity index (χ1v) is 9.25. The molecule has 0 aliphatic carbocycles. The van der Waals surface area contributed by atoms with Gasteiger partial charge in [-0.3, -0.25) is 4.79 Å². The van der Waals surface area contributed by atoms with Crippen LogP contribution in [-0.2, 0) is 21.2 Å². The SMILES string of the molecule is CC(C)[C@@H]1CCCN1C(=O)CCc1ccc(S(N)(=O)=O)cc1. The molecule has 1 aliphatic heterocycles. The van der Waals surface area contributed by atoms with Crippen LogP contribution in [0.5, 0.6) is 0 Å². The van der Waals surface area contributed by atoms with Gasteiger partial charge in [-0.15, -0.1) is 0 Å². The molecule has 1 amide bonds. The number of primary sulfonamides is 1. The first kappa shape index (κ1) is 17.0. The van der Waals surface area contributed by atoms with Gasteiger partial charge in [0.25, 0.3) is 0 Å². The Bertz CT molecular complexity index is 623. The molecule has 5 nitrogen and oxygen atoms in total. The Morgan fingerprint density at radius 2 is 1.95 bits per heavy atom. The summed E-state index contributed by atoms with van der Waals surface area (Å²) >= 11 is 0. The lowest BCUT2D eigenvalue weighted by atomic mass is 10.0. The number of hydrogen-bond donors (Lipinski definition) is 1. The van der Waals surface area contributed by atoms with Crippen LogP contribution in [-0.4, -0.2) is 31.8 Å². The van der Waals surface area contributed by atoms with E-state index in [0.717, 1.165) is 24.9 Å². The van der Waals surface area contributed by atoms with Crippen molar-refractivity contribution in [3.63, 3.8) is 0 Å². The van der Waals surface area contributed by atoms with Crippen LogP contribution in [0.2, 0.25) is 0 Å². The normalized spacial score (nSPS) is 18.9. The number of sulfonamides is 1. The van der Waals surface area contributed by atoms with Gasteiger partial charge in [-0.25, -0.2) is 13.6 Å². The zero-order valence-electron chi connectivity index (χ0n) is 13.2. The maximum atomic E-state index is 12.4. The van der Waals surface area contributed by atoms with Crippen LogP contribution in [0.15, 0.2) is 29.2 Å². The molecule has 2 rings (SSSR count). The number of nitrogens with two attached hydrogens (primary N) is 1. The van der Waals surface area contributed by atoms with Crippen LogP contribution in [0, 0.1) is 5.92 Å². The third-order valence-corrected chi connectivity index (χ3v) is 5.20. The minimum absolute atomic E-state index is 0.0991. The molecule has 0 bridgehead atoms. The predicted molar refractivity (Wildman–Crippen MR) is 85.7 cm³/mol. The van der Waals surface area contributed by atoms with Crippen molar-refractivity contribution >= 4 is 15.9 Å². The highest BCUT2D eigenvalue weighted by atomic mass is 32.2. The summed E-state index contributed by atoms with van der Waals surface area (Å²) < 4.78 is 22.4. The van der Waals surface area contributed by atoms with Gasteiger partial charge < -0.3 is 4.90 Å². The lowest BCUT2D eigenvalue weighted by Gasteiger charge is -2.27. The average molecular weight is 324 g/mol. The van der Waals surface area contributed by atoms with E-state index >= 15 is 0 Å². The van der Waals surface area contributed by atoms with Crippen molar-refractivity contribution in [1.82, 2.24) is 4.90 Å². The van der Waals surface area contributed by atoms with Crippen LogP contribution < -0.4 is 5.14 Å². The standard InChI is InChI=1S/C16H24N2O3S/c1-12(2)15-4-3-11-18(15)16(19)10-7-13-5-8-14(9-6-13)22(17,20)21/h5-6,8-9,12,15H,3-4,7,10-11H2,1-2H3,(H2,17,20,21)/t15-/m0/s1. The fourth-order valence-corrected chi connectivity index (χ4v) is 3.55. The van der Waals surface area contributed by atoms with Crippen LogP contribution >= 0.6 is 0 Å². The maximum absolute atomic E-state index is 12.4. The van der Waals surface area contributed by atoms with E-state index in [1.165, 1.54) is 12.1 Å². The Hall–Kier alpha value is -1.40. The summed E-state index contributed by atoms with van der Waals surface area (Å²) in [5, 5.41) is 5.07. The van der Waals surface area contributed by atoms with Crippen LogP contribution in [0.25, 0.3) is 0 Å². The van der Waals surface area contributed by atoms with Gasteiger partial charge in [0.15, 0.2) is 0 Å². The summed E-state index contributed by atoms with van der Waals surface area (Å²) in [6, 6.07) is 6.77. The van der Waals surface area contributed by atoms with E-state index in [1.807, 2.05) is 4.90 Å². The van der Waals surface area contributed by atoms with E-state index in [-0.39, 0.29) is 10.8 Å². The second kappa shape index (κ2) is 6.79. The molecule has 0 spiro atoms. The number of nitrogens with zero attached hydrogens (tertiary/aromatic N) is 1. The predicted octanol–water partition coefficient (Wildman–Crippen LogP) is 1.91. The lowest BCUT2D eigenvalue weighted by molar-refractivity contribution is -0.132. The topological polar surface area (TPSA) is 80.5 Å². The summed E-state index contributed by atoms with van der Waals surface area (Å²) in [5.41, 5.74) is 0.945. The molecule has 0 aromatic heterocycles. The van der Waals surface area contributed by atoms with Crippen molar-refractivity contribution < 1.29 is 13.2 Å². The number of rotatable bonds is 5. The third kappa shape index (κ3) is 4.08. The van der Waals surface area contributed by atoms with Crippen LogP contribution in [0.3, 0.4) is 0 Å². The smallest absolute Gasteiger partial charge is 0.238 e. The largest absolute Gasteiger partial charge is 0.339 e. The van der Waals surface area contributed by atoms with Gasteiger partial charge in [0.2, 0.25) is 15.9 Å². The summed E-state index contributed by atoms with van der Waals surface area (Å²) in [7, 11) is -3.66. The van der Waals surface area contributed by atoms with Crippen LogP contribution in [0.4, 0.5) is 0 Å². The zero-order chi connectivity index (χ0) is 16.3. The van der Waals surface area contributed by atoms with Gasteiger partial charge in [-0.1, -0.05) is 26.0 Å². The van der Waals surface area contributed by atoms with Gasteiger partial charge in [0.05, 0.1) is 4.90 Å². The molecule has 1 heterocycles. The Morgan fingerprint density at radius 1 is 1.32 bits per heavy atom. The highest BCUT2D eigenvalue weighted by molar-refractivity contribution is 7.89. The van der Waals surface area contributed by atoms with Crippen molar-refractivity contribution in [2.24, 2.45) is 11.1 Å². The first-order valence-electron chi connectivity index (χ1n) is 7.70. The molecule has 1 aliphatic rings. The van der Waals surface area contributed by atoms with Gasteiger partial charge in [0.1, 0.15) is 0 Å². The fourth-order valence-electron chi connectivity index (χ4n) is 3.04. The molecule has 6 heteroatoms. The van der Waals surface area contributed by atoms with Crippen molar-refractivity contribution in [3.05, 3.63) is 29.8 Å². The van der Waals surface area contributed by atoms with E-state index in [9.17, 15) is 13.2 Å². The molecule has 122 valence electrons. The van der Waals surface area contributed by atoms with Crippen molar-refractivity contribution in [2.45, 2.75) is 50.5 Å². The fraction of sp³-hybridized carbons (Fsp3) is 0.562. The monoisotopic (exact) mass is 324 g/mol. The van der Waals surface area contributed by atoms with E-state index < -0.39 is 10.0 Å². The molecule has 0 unspecified atom stereocenters. The highest BCUT2D eigenvalue weighted by Gasteiger charge is 2.30. The Balaban J connectivity index is 1.94. The molecule has 1 fully saturated rings. The molecule has 1 atom stereocenters. The highest BCUT2D eigenvalue weighted by Crippen LogP contribution is 2.24. The molecule has 22 heavy (non-hydrogen) atoms. The van der Waals surface area contributed by atoms with E-state index in [4.69, 9.17) is 5.14 Å². The van der Waals surface area contributed by atoms with Gasteiger partial charge in [-0.05, 0) is 42.9 Å². The number of likely N-dealkylation sites (tertiary alicyclic amines) is 1. The molecule has 0 radical (unpaired) electrons. The first-order chi connectivity index (χ1) is 10.3. The molecule has 1 aromatic carbocycles. The van der Waals surface area contributed by atoms with Crippen LogP contribution in [0.1, 0.15) is 38.7 Å². The Labute approximate surface area is 132 Å². The maximum Gasteiger partial charge on any atom is 0.238 e. The minimum atomic E-state index is -3.66. The molecule has 1 saturated heterocycles. The van der Waals surface area contributed by atoms with Crippen molar-refractivity contribution in [2.75, 3.05) is 6.54 Å². The number of amides is 1. The van der Waals surface area contributed by atoms with E-state index in [2.05, 4.69) is 13.8 Å². The summed E-state index contributed by atoms with van der Waals surface area (Å²) in [5.74, 6) is 0.673.